The fourth-order valence-corrected chi connectivity index (χ4v) is 3.86. The molecule has 0 atom stereocenters. The van der Waals surface area contributed by atoms with E-state index in [4.69, 9.17) is 10.5 Å². The van der Waals surface area contributed by atoms with Gasteiger partial charge < -0.3 is 20.9 Å². The van der Waals surface area contributed by atoms with Crippen molar-refractivity contribution in [2.45, 2.75) is 18.9 Å². The van der Waals surface area contributed by atoms with E-state index in [0.29, 0.717) is 30.8 Å². The first-order valence-electron chi connectivity index (χ1n) is 10.2. The van der Waals surface area contributed by atoms with Crippen LogP contribution in [0, 0.1) is 11.8 Å². The molecule has 0 aliphatic heterocycles. The maximum atomic E-state index is 12.2. The maximum absolute atomic E-state index is 12.2. The van der Waals surface area contributed by atoms with Crippen molar-refractivity contribution in [3.63, 3.8) is 0 Å². The molecule has 0 spiro atoms. The van der Waals surface area contributed by atoms with E-state index in [1.54, 1.807) is 18.2 Å². The van der Waals surface area contributed by atoms with Crippen molar-refractivity contribution in [2.24, 2.45) is 0 Å². The van der Waals surface area contributed by atoms with Gasteiger partial charge in [0, 0.05) is 35.7 Å². The van der Waals surface area contributed by atoms with Crippen LogP contribution in [0.3, 0.4) is 0 Å². The van der Waals surface area contributed by atoms with Crippen molar-refractivity contribution >= 4 is 11.8 Å². The average Bonchev–Trinajstić information content (AvgIpc) is 3.12. The number of alkyl carbamates (subject to hydrolysis) is 1. The van der Waals surface area contributed by atoms with Gasteiger partial charge in [0.15, 0.2) is 0 Å². The van der Waals surface area contributed by atoms with Gasteiger partial charge in [-0.25, -0.2) is 4.79 Å². The van der Waals surface area contributed by atoms with Gasteiger partial charge in [0.05, 0.1) is 6.61 Å². The molecule has 0 unspecified atom stereocenters. The van der Waals surface area contributed by atoms with Gasteiger partial charge in [-0.05, 0) is 40.5 Å². The summed E-state index contributed by atoms with van der Waals surface area (Å²) in [7, 11) is 0. The monoisotopic (exact) mass is 412 g/mol. The summed E-state index contributed by atoms with van der Waals surface area (Å²) in [6.45, 7) is 0.567. The lowest BCUT2D eigenvalue weighted by molar-refractivity contribution is 0.143. The number of nitrogens with one attached hydrogen (secondary N) is 1. The molecule has 0 saturated heterocycles. The lowest BCUT2D eigenvalue weighted by atomic mass is 9.98. The number of fused-ring (bicyclic) bond motifs is 3. The lowest BCUT2D eigenvalue weighted by Gasteiger charge is -2.14. The van der Waals surface area contributed by atoms with Gasteiger partial charge in [0.25, 0.3) is 0 Å². The van der Waals surface area contributed by atoms with E-state index < -0.39 is 6.09 Å². The summed E-state index contributed by atoms with van der Waals surface area (Å²) in [4.78, 5) is 12.2. The molecule has 31 heavy (non-hydrogen) atoms. The minimum atomic E-state index is -0.446. The molecule has 0 bridgehead atoms. The second-order valence-electron chi connectivity index (χ2n) is 7.38. The zero-order chi connectivity index (χ0) is 21.6. The Morgan fingerprint density at radius 3 is 2.39 bits per heavy atom. The van der Waals surface area contributed by atoms with Crippen molar-refractivity contribution in [1.29, 1.82) is 0 Å². The number of hydrogen-bond acceptors (Lipinski definition) is 4. The number of nitrogens with two attached hydrogens (primary N) is 1. The summed E-state index contributed by atoms with van der Waals surface area (Å²) < 4.78 is 5.51. The summed E-state index contributed by atoms with van der Waals surface area (Å²) in [5.74, 6) is 6.06. The molecule has 0 fully saturated rings. The van der Waals surface area contributed by atoms with Crippen LogP contribution in [0.1, 0.15) is 34.6 Å². The number of carbonyl (C=O) groups excluding carboxylic acids is 1. The highest BCUT2D eigenvalue weighted by molar-refractivity contribution is 5.79. The summed E-state index contributed by atoms with van der Waals surface area (Å²) in [6, 6.07) is 21.8. The van der Waals surface area contributed by atoms with E-state index in [-0.39, 0.29) is 12.5 Å². The van der Waals surface area contributed by atoms with E-state index >= 15 is 0 Å². The summed E-state index contributed by atoms with van der Waals surface area (Å²) in [5.41, 5.74) is 12.5. The van der Waals surface area contributed by atoms with E-state index in [2.05, 4.69) is 41.4 Å². The number of aliphatic hydroxyl groups excluding tert-OH is 1. The number of hydrogen-bond donors (Lipinski definition) is 3. The number of ether oxygens (including phenoxy) is 1. The standard InChI is InChI=1S/C26H24N2O3/c27-25-13-12-18(15-19(25)16-29)7-5-6-14-28-26(30)31-17-24-22-10-3-1-8-20(22)21-9-2-4-11-23(21)24/h1-4,8-13,15,24,29H,6,14,16-17,27H2,(H,28,30). The first-order valence-corrected chi connectivity index (χ1v) is 10.2. The number of amides is 1. The van der Waals surface area contributed by atoms with Gasteiger partial charge in [-0.1, -0.05) is 60.4 Å². The Balaban J connectivity index is 1.28. The molecule has 5 nitrogen and oxygen atoms in total. The molecular weight excluding hydrogens is 388 g/mol. The highest BCUT2D eigenvalue weighted by atomic mass is 16.5. The minimum Gasteiger partial charge on any atom is -0.449 e. The number of aliphatic hydroxyl groups is 1. The Kier molecular flexibility index (Phi) is 6.21. The van der Waals surface area contributed by atoms with Crippen molar-refractivity contribution in [3.05, 3.63) is 89.0 Å². The number of carbonyl (C=O) groups is 1. The van der Waals surface area contributed by atoms with Crippen LogP contribution in [0.2, 0.25) is 0 Å². The predicted molar refractivity (Wildman–Crippen MR) is 121 cm³/mol. The summed E-state index contributed by atoms with van der Waals surface area (Å²) in [5, 5.41) is 12.0. The number of nitrogen functional groups attached to an aromatic ring is 1. The van der Waals surface area contributed by atoms with Crippen molar-refractivity contribution in [2.75, 3.05) is 18.9 Å². The fraction of sp³-hybridized carbons (Fsp3) is 0.192. The van der Waals surface area contributed by atoms with Crippen LogP contribution >= 0.6 is 0 Å². The Bertz CT molecular complexity index is 1120. The van der Waals surface area contributed by atoms with Gasteiger partial charge in [-0.2, -0.15) is 0 Å². The van der Waals surface area contributed by atoms with Gasteiger partial charge in [-0.15, -0.1) is 0 Å². The first-order chi connectivity index (χ1) is 15.2. The Labute approximate surface area is 181 Å². The zero-order valence-corrected chi connectivity index (χ0v) is 17.1. The first kappa shape index (κ1) is 20.5. The van der Waals surface area contributed by atoms with Gasteiger partial charge in [0.1, 0.15) is 6.61 Å². The largest absolute Gasteiger partial charge is 0.449 e. The third-order valence-electron chi connectivity index (χ3n) is 5.41. The Hall–Kier alpha value is -3.75. The molecular formula is C26H24N2O3. The van der Waals surface area contributed by atoms with Crippen molar-refractivity contribution < 1.29 is 14.6 Å². The van der Waals surface area contributed by atoms with E-state index in [1.165, 1.54) is 22.3 Å². The molecule has 0 heterocycles. The second kappa shape index (κ2) is 9.38. The third-order valence-corrected chi connectivity index (χ3v) is 5.41. The predicted octanol–water partition coefficient (Wildman–Crippen LogP) is 4.04. The van der Waals surface area contributed by atoms with Gasteiger partial charge in [-0.3, -0.25) is 0 Å². The van der Waals surface area contributed by atoms with Crippen molar-refractivity contribution in [1.82, 2.24) is 5.32 Å². The molecule has 0 saturated carbocycles. The minimum absolute atomic E-state index is 0.0455. The van der Waals surface area contributed by atoms with Crippen LogP contribution in [-0.2, 0) is 11.3 Å². The van der Waals surface area contributed by atoms with Gasteiger partial charge in [0.2, 0.25) is 0 Å². The molecule has 0 aromatic heterocycles. The Morgan fingerprint density at radius 2 is 1.71 bits per heavy atom. The molecule has 1 amide bonds. The second-order valence-corrected chi connectivity index (χ2v) is 7.38. The molecule has 1 aliphatic carbocycles. The van der Waals surface area contributed by atoms with E-state index in [0.717, 1.165) is 5.56 Å². The smallest absolute Gasteiger partial charge is 0.407 e. The number of benzene rings is 3. The van der Waals surface area contributed by atoms with Crippen LogP contribution in [0.15, 0.2) is 66.7 Å². The van der Waals surface area contributed by atoms with E-state index in [1.807, 2.05) is 24.3 Å². The summed E-state index contributed by atoms with van der Waals surface area (Å²) >= 11 is 0. The molecule has 3 aromatic carbocycles. The molecule has 0 radical (unpaired) electrons. The SMILES string of the molecule is Nc1ccc(C#CCCNC(=O)OCC2c3ccccc3-c3ccccc32)cc1CO. The average molecular weight is 412 g/mol. The number of rotatable bonds is 5. The molecule has 156 valence electrons. The molecule has 4 N–H and O–H groups in total. The van der Waals surface area contributed by atoms with Crippen LogP contribution < -0.4 is 11.1 Å². The Morgan fingerprint density at radius 1 is 1.03 bits per heavy atom. The van der Waals surface area contributed by atoms with Crippen LogP contribution in [0.5, 0.6) is 0 Å². The fourth-order valence-electron chi connectivity index (χ4n) is 3.86. The molecule has 5 heteroatoms. The molecule has 4 rings (SSSR count). The topological polar surface area (TPSA) is 84.6 Å². The summed E-state index contributed by atoms with van der Waals surface area (Å²) in [6.07, 6.45) is 0.0435. The lowest BCUT2D eigenvalue weighted by Crippen LogP contribution is -2.26. The molecule has 3 aromatic rings. The quantitative estimate of drug-likeness (QED) is 0.335. The normalized spacial score (nSPS) is 11.8. The van der Waals surface area contributed by atoms with Gasteiger partial charge >= 0.3 is 6.09 Å². The molecule has 1 aliphatic rings. The number of anilines is 1. The van der Waals surface area contributed by atoms with E-state index in [9.17, 15) is 9.90 Å². The van der Waals surface area contributed by atoms with Crippen LogP contribution in [-0.4, -0.2) is 24.4 Å². The van der Waals surface area contributed by atoms with Crippen LogP contribution in [0.25, 0.3) is 11.1 Å². The van der Waals surface area contributed by atoms with Crippen LogP contribution in [0.4, 0.5) is 10.5 Å². The third kappa shape index (κ3) is 4.55. The zero-order valence-electron chi connectivity index (χ0n) is 17.1. The highest BCUT2D eigenvalue weighted by Crippen LogP contribution is 2.44. The maximum Gasteiger partial charge on any atom is 0.407 e. The van der Waals surface area contributed by atoms with Crippen molar-refractivity contribution in [3.8, 4) is 23.0 Å². The highest BCUT2D eigenvalue weighted by Gasteiger charge is 2.28.